The summed E-state index contributed by atoms with van der Waals surface area (Å²) in [6, 6.07) is 2.72. The van der Waals surface area contributed by atoms with Crippen LogP contribution in [0.3, 0.4) is 0 Å². The van der Waals surface area contributed by atoms with Gasteiger partial charge in [-0.25, -0.2) is 14.2 Å². The van der Waals surface area contributed by atoms with Gasteiger partial charge in [0, 0.05) is 0 Å². The van der Waals surface area contributed by atoms with E-state index in [2.05, 4.69) is 4.98 Å². The minimum Gasteiger partial charge on any atom is -0.476 e. The maximum atomic E-state index is 12.9. The number of rotatable bonds is 3. The van der Waals surface area contributed by atoms with E-state index in [1.54, 1.807) is 0 Å². The van der Waals surface area contributed by atoms with Gasteiger partial charge in [-0.2, -0.15) is 0 Å². The molecule has 0 aliphatic carbocycles. The van der Waals surface area contributed by atoms with Crippen molar-refractivity contribution < 1.29 is 23.6 Å². The van der Waals surface area contributed by atoms with Crippen molar-refractivity contribution in [1.82, 2.24) is 4.98 Å². The molecule has 0 fully saturated rings. The van der Waals surface area contributed by atoms with E-state index in [-0.39, 0.29) is 11.3 Å². The summed E-state index contributed by atoms with van der Waals surface area (Å²) in [5, 5.41) is 19.6. The number of oxazole rings is 1. The molecule has 0 aliphatic heterocycles. The fraction of sp³-hybridized carbons (Fsp3) is 0. The molecule has 0 spiro atoms. The lowest BCUT2D eigenvalue weighted by molar-refractivity contribution is -0.384. The van der Waals surface area contributed by atoms with E-state index in [0.29, 0.717) is 6.07 Å². The number of carboxylic acids is 1. The lowest BCUT2D eigenvalue weighted by Gasteiger charge is -2.00. The smallest absolute Gasteiger partial charge is 0.358 e. The summed E-state index contributed by atoms with van der Waals surface area (Å²) >= 11 is 0. The Bertz CT molecular complexity index is 637. The number of halogens is 1. The highest BCUT2D eigenvalue weighted by atomic mass is 19.1. The normalized spacial score (nSPS) is 10.3. The molecule has 2 rings (SSSR count). The largest absolute Gasteiger partial charge is 0.476 e. The number of carbonyl (C=O) groups is 1. The maximum Gasteiger partial charge on any atom is 0.358 e. The molecule has 2 aromatic rings. The Balaban J connectivity index is 2.67. The second-order valence-corrected chi connectivity index (χ2v) is 3.25. The van der Waals surface area contributed by atoms with Crippen LogP contribution >= 0.6 is 0 Å². The minimum absolute atomic E-state index is 0.142. The number of benzene rings is 1. The van der Waals surface area contributed by atoms with Gasteiger partial charge in [0.25, 0.3) is 5.69 Å². The number of nitrogens with zero attached hydrogens (tertiary/aromatic N) is 2. The number of aromatic nitrogens is 1. The molecule has 0 saturated carbocycles. The molecule has 1 N–H and O–H groups in total. The van der Waals surface area contributed by atoms with Crippen LogP contribution in [0.15, 0.2) is 29.0 Å². The van der Waals surface area contributed by atoms with E-state index in [1.807, 2.05) is 0 Å². The van der Waals surface area contributed by atoms with Gasteiger partial charge >= 0.3 is 5.97 Å². The number of hydrogen-bond donors (Lipinski definition) is 1. The Morgan fingerprint density at radius 1 is 1.50 bits per heavy atom. The predicted molar refractivity (Wildman–Crippen MR) is 55.5 cm³/mol. The molecule has 0 radical (unpaired) electrons. The third-order valence-corrected chi connectivity index (χ3v) is 2.17. The predicted octanol–water partition coefficient (Wildman–Crippen LogP) is 2.09. The lowest BCUT2D eigenvalue weighted by Crippen LogP contribution is -2.00. The molecule has 0 amide bonds. The van der Waals surface area contributed by atoms with Gasteiger partial charge in [-0.05, 0) is 12.1 Å². The summed E-state index contributed by atoms with van der Waals surface area (Å²) < 4.78 is 17.8. The summed E-state index contributed by atoms with van der Waals surface area (Å²) in [5.41, 5.74) is -1.20. The van der Waals surface area contributed by atoms with Crippen LogP contribution in [0, 0.1) is 15.9 Å². The van der Waals surface area contributed by atoms with Gasteiger partial charge in [0.2, 0.25) is 0 Å². The van der Waals surface area contributed by atoms with Crippen LogP contribution in [0.2, 0.25) is 0 Å². The summed E-state index contributed by atoms with van der Waals surface area (Å²) in [5.74, 6) is -2.48. The summed E-state index contributed by atoms with van der Waals surface area (Å²) in [4.78, 5) is 24.2. The number of nitro groups is 1. The number of nitro benzene ring substituents is 1. The second kappa shape index (κ2) is 4.24. The average molecular weight is 252 g/mol. The Labute approximate surface area is 98.6 Å². The van der Waals surface area contributed by atoms with Crippen molar-refractivity contribution in [1.29, 1.82) is 0 Å². The standard InChI is InChI=1S/C10H5FN2O5/c11-5-1-2-6(7(3-5)13(16)17)9-8(10(14)15)12-4-18-9/h1-4H,(H,14,15). The quantitative estimate of drug-likeness (QED) is 0.662. The topological polar surface area (TPSA) is 106 Å². The van der Waals surface area contributed by atoms with Gasteiger partial charge in [0.1, 0.15) is 5.82 Å². The van der Waals surface area contributed by atoms with Crippen molar-refractivity contribution in [2.75, 3.05) is 0 Å². The van der Waals surface area contributed by atoms with Crippen LogP contribution in [-0.2, 0) is 0 Å². The van der Waals surface area contributed by atoms with Crippen molar-refractivity contribution in [2.24, 2.45) is 0 Å². The third kappa shape index (κ3) is 1.90. The van der Waals surface area contributed by atoms with Crippen molar-refractivity contribution >= 4 is 11.7 Å². The molecular formula is C10H5FN2O5. The van der Waals surface area contributed by atoms with Crippen LogP contribution < -0.4 is 0 Å². The summed E-state index contributed by atoms with van der Waals surface area (Å²) in [6.45, 7) is 0. The van der Waals surface area contributed by atoms with Gasteiger partial charge < -0.3 is 9.52 Å². The molecule has 1 aromatic heterocycles. The van der Waals surface area contributed by atoms with E-state index in [1.165, 1.54) is 0 Å². The van der Waals surface area contributed by atoms with Crippen molar-refractivity contribution in [2.45, 2.75) is 0 Å². The molecule has 0 unspecified atom stereocenters. The molecule has 18 heavy (non-hydrogen) atoms. The van der Waals surface area contributed by atoms with Gasteiger partial charge in [-0.15, -0.1) is 0 Å². The van der Waals surface area contributed by atoms with Crippen LogP contribution in [0.4, 0.5) is 10.1 Å². The first-order valence-electron chi connectivity index (χ1n) is 4.62. The molecule has 7 nitrogen and oxygen atoms in total. The second-order valence-electron chi connectivity index (χ2n) is 3.25. The average Bonchev–Trinajstić information content (AvgIpc) is 2.77. The number of aromatic carboxylic acids is 1. The van der Waals surface area contributed by atoms with Crippen molar-refractivity contribution in [3.8, 4) is 11.3 Å². The highest BCUT2D eigenvalue weighted by Crippen LogP contribution is 2.32. The van der Waals surface area contributed by atoms with Crippen LogP contribution in [0.5, 0.6) is 0 Å². The van der Waals surface area contributed by atoms with Crippen molar-refractivity contribution in [3.63, 3.8) is 0 Å². The molecular weight excluding hydrogens is 247 g/mol. The first kappa shape index (κ1) is 11.7. The molecule has 1 heterocycles. The Kier molecular flexibility index (Phi) is 2.76. The number of carboxylic acid groups (broad SMARTS) is 1. The summed E-state index contributed by atoms with van der Waals surface area (Å²) in [7, 11) is 0. The maximum absolute atomic E-state index is 12.9. The summed E-state index contributed by atoms with van der Waals surface area (Å²) in [6.07, 6.45) is 0.853. The highest BCUT2D eigenvalue weighted by Gasteiger charge is 2.25. The molecule has 0 saturated heterocycles. The lowest BCUT2D eigenvalue weighted by atomic mass is 10.1. The van der Waals surface area contributed by atoms with Crippen molar-refractivity contribution in [3.05, 3.63) is 46.2 Å². The molecule has 8 heteroatoms. The Morgan fingerprint density at radius 3 is 2.83 bits per heavy atom. The SMILES string of the molecule is O=C(O)c1ncoc1-c1ccc(F)cc1[N+](=O)[O-]. The highest BCUT2D eigenvalue weighted by molar-refractivity contribution is 5.93. The zero-order chi connectivity index (χ0) is 13.3. The van der Waals surface area contributed by atoms with E-state index in [9.17, 15) is 19.3 Å². The van der Waals surface area contributed by atoms with Gasteiger partial charge in [-0.1, -0.05) is 0 Å². The fourth-order valence-corrected chi connectivity index (χ4v) is 1.44. The van der Waals surface area contributed by atoms with E-state index >= 15 is 0 Å². The van der Waals surface area contributed by atoms with E-state index in [4.69, 9.17) is 9.52 Å². The molecule has 1 aromatic carbocycles. The molecule has 92 valence electrons. The Hall–Kier alpha value is -2.77. The van der Waals surface area contributed by atoms with Gasteiger partial charge in [0.05, 0.1) is 16.6 Å². The van der Waals surface area contributed by atoms with E-state index < -0.39 is 28.1 Å². The molecule has 0 aliphatic rings. The monoisotopic (exact) mass is 252 g/mol. The third-order valence-electron chi connectivity index (χ3n) is 2.17. The minimum atomic E-state index is -1.39. The van der Waals surface area contributed by atoms with Gasteiger partial charge in [0.15, 0.2) is 17.8 Å². The zero-order valence-corrected chi connectivity index (χ0v) is 8.66. The number of hydrogen-bond acceptors (Lipinski definition) is 5. The van der Waals surface area contributed by atoms with E-state index in [0.717, 1.165) is 18.5 Å². The zero-order valence-electron chi connectivity index (χ0n) is 8.66. The van der Waals surface area contributed by atoms with Crippen LogP contribution in [0.25, 0.3) is 11.3 Å². The van der Waals surface area contributed by atoms with Gasteiger partial charge in [-0.3, -0.25) is 10.1 Å². The van der Waals surface area contributed by atoms with Crippen LogP contribution in [0.1, 0.15) is 10.5 Å². The van der Waals surface area contributed by atoms with Crippen LogP contribution in [-0.4, -0.2) is 21.0 Å². The first-order chi connectivity index (χ1) is 8.50. The fourth-order valence-electron chi connectivity index (χ4n) is 1.44. The molecule has 0 atom stereocenters. The first-order valence-corrected chi connectivity index (χ1v) is 4.62. The Morgan fingerprint density at radius 2 is 2.22 bits per heavy atom. The molecule has 0 bridgehead atoms.